The fourth-order valence-electron chi connectivity index (χ4n) is 1.89. The smallest absolute Gasteiger partial charge is 0.122 e. The minimum Gasteiger partial charge on any atom is -0.496 e. The summed E-state index contributed by atoms with van der Waals surface area (Å²) in [5.41, 5.74) is 2.74. The number of benzene rings is 1. The summed E-state index contributed by atoms with van der Waals surface area (Å²) in [6.45, 7) is 3.28. The van der Waals surface area contributed by atoms with Gasteiger partial charge in [0.1, 0.15) is 5.75 Å². The highest BCUT2D eigenvalue weighted by Gasteiger charge is 2.02. The number of unbranched alkanes of at least 4 members (excludes halogenated alkanes) is 1. The van der Waals surface area contributed by atoms with Crippen LogP contribution in [0.15, 0.2) is 18.2 Å². The fourth-order valence-corrected chi connectivity index (χ4v) is 1.89. The third kappa shape index (κ3) is 3.86. The van der Waals surface area contributed by atoms with Crippen molar-refractivity contribution in [1.82, 2.24) is 5.32 Å². The van der Waals surface area contributed by atoms with Crippen LogP contribution in [-0.2, 0) is 12.8 Å². The van der Waals surface area contributed by atoms with Crippen molar-refractivity contribution in [2.45, 2.75) is 32.6 Å². The van der Waals surface area contributed by atoms with Gasteiger partial charge in [0.05, 0.1) is 7.11 Å². The highest BCUT2D eigenvalue weighted by atomic mass is 16.5. The van der Waals surface area contributed by atoms with Crippen LogP contribution in [0.2, 0.25) is 0 Å². The van der Waals surface area contributed by atoms with Crippen molar-refractivity contribution in [3.05, 3.63) is 29.3 Å². The maximum absolute atomic E-state index is 5.32. The monoisotopic (exact) mass is 221 g/mol. The molecule has 0 atom stereocenters. The van der Waals surface area contributed by atoms with E-state index in [4.69, 9.17) is 4.74 Å². The Kier molecular flexibility index (Phi) is 5.94. The number of hydrogen-bond donors (Lipinski definition) is 1. The summed E-state index contributed by atoms with van der Waals surface area (Å²) >= 11 is 0. The van der Waals surface area contributed by atoms with Crippen LogP contribution < -0.4 is 10.1 Å². The normalized spacial score (nSPS) is 10.4. The number of rotatable bonds is 7. The van der Waals surface area contributed by atoms with Crippen LogP contribution >= 0.6 is 0 Å². The summed E-state index contributed by atoms with van der Waals surface area (Å²) in [5.74, 6) is 1.02. The zero-order valence-corrected chi connectivity index (χ0v) is 10.7. The van der Waals surface area contributed by atoms with E-state index in [1.54, 1.807) is 7.11 Å². The predicted octanol–water partition coefficient (Wildman–Crippen LogP) is 2.80. The van der Waals surface area contributed by atoms with Gasteiger partial charge in [-0.25, -0.2) is 0 Å². The van der Waals surface area contributed by atoms with E-state index >= 15 is 0 Å². The summed E-state index contributed by atoms with van der Waals surface area (Å²) in [4.78, 5) is 0. The first kappa shape index (κ1) is 13.0. The van der Waals surface area contributed by atoms with E-state index in [0.29, 0.717) is 0 Å². The minimum absolute atomic E-state index is 1.02. The summed E-state index contributed by atoms with van der Waals surface area (Å²) < 4.78 is 5.32. The molecule has 90 valence electrons. The number of hydrogen-bond acceptors (Lipinski definition) is 2. The van der Waals surface area contributed by atoms with Crippen LogP contribution in [0.5, 0.6) is 5.75 Å². The van der Waals surface area contributed by atoms with Crippen LogP contribution in [0.4, 0.5) is 0 Å². The Balaban J connectivity index is 2.54. The lowest BCUT2D eigenvalue weighted by molar-refractivity contribution is 0.410. The molecule has 0 aliphatic carbocycles. The lowest BCUT2D eigenvalue weighted by Crippen LogP contribution is -2.07. The van der Waals surface area contributed by atoms with Gasteiger partial charge in [-0.3, -0.25) is 0 Å². The van der Waals surface area contributed by atoms with Gasteiger partial charge in [0.25, 0.3) is 0 Å². The van der Waals surface area contributed by atoms with Crippen molar-refractivity contribution in [2.75, 3.05) is 20.7 Å². The molecule has 0 saturated heterocycles. The van der Waals surface area contributed by atoms with Crippen molar-refractivity contribution in [1.29, 1.82) is 0 Å². The quantitative estimate of drug-likeness (QED) is 0.715. The molecule has 0 amide bonds. The lowest BCUT2D eigenvalue weighted by atomic mass is 10.0. The highest BCUT2D eigenvalue weighted by Crippen LogP contribution is 2.21. The fraction of sp³-hybridized carbons (Fsp3) is 0.571. The first-order chi connectivity index (χ1) is 7.81. The number of aryl methyl sites for hydroxylation is 2. The van der Waals surface area contributed by atoms with Crippen molar-refractivity contribution in [2.24, 2.45) is 0 Å². The Morgan fingerprint density at radius 3 is 2.69 bits per heavy atom. The Morgan fingerprint density at radius 1 is 1.25 bits per heavy atom. The molecular formula is C14H23NO. The second kappa shape index (κ2) is 7.29. The molecule has 1 N–H and O–H groups in total. The van der Waals surface area contributed by atoms with Gasteiger partial charge in [0.15, 0.2) is 0 Å². The molecule has 0 aliphatic heterocycles. The molecule has 0 bridgehead atoms. The molecule has 2 nitrogen and oxygen atoms in total. The van der Waals surface area contributed by atoms with E-state index in [0.717, 1.165) is 18.7 Å². The van der Waals surface area contributed by atoms with Gasteiger partial charge in [-0.15, -0.1) is 0 Å². The van der Waals surface area contributed by atoms with Gasteiger partial charge in [-0.1, -0.05) is 19.1 Å². The molecule has 0 aliphatic rings. The molecule has 0 unspecified atom stereocenters. The topological polar surface area (TPSA) is 21.3 Å². The highest BCUT2D eigenvalue weighted by molar-refractivity contribution is 5.37. The van der Waals surface area contributed by atoms with Gasteiger partial charge in [-0.05, 0) is 56.5 Å². The van der Waals surface area contributed by atoms with Gasteiger partial charge in [0.2, 0.25) is 0 Å². The second-order valence-corrected chi connectivity index (χ2v) is 4.06. The Hall–Kier alpha value is -1.02. The molecule has 1 rings (SSSR count). The molecule has 0 radical (unpaired) electrons. The van der Waals surface area contributed by atoms with Crippen molar-refractivity contribution in [3.8, 4) is 5.75 Å². The summed E-state index contributed by atoms with van der Waals surface area (Å²) in [7, 11) is 3.74. The average Bonchev–Trinajstić information content (AvgIpc) is 2.34. The van der Waals surface area contributed by atoms with Gasteiger partial charge in [0, 0.05) is 0 Å². The zero-order chi connectivity index (χ0) is 11.8. The van der Waals surface area contributed by atoms with E-state index in [1.165, 1.54) is 30.4 Å². The van der Waals surface area contributed by atoms with Crippen molar-refractivity contribution >= 4 is 0 Å². The number of methoxy groups -OCH3 is 1. The molecule has 16 heavy (non-hydrogen) atoms. The van der Waals surface area contributed by atoms with E-state index in [9.17, 15) is 0 Å². The number of ether oxygens (including phenoxy) is 1. The van der Waals surface area contributed by atoms with Gasteiger partial charge >= 0.3 is 0 Å². The molecule has 0 fully saturated rings. The summed E-state index contributed by atoms with van der Waals surface area (Å²) in [5, 5.41) is 3.17. The molecule has 0 aromatic heterocycles. The average molecular weight is 221 g/mol. The molecule has 1 aromatic rings. The third-order valence-electron chi connectivity index (χ3n) is 2.87. The Morgan fingerprint density at radius 2 is 2.06 bits per heavy atom. The lowest BCUT2D eigenvalue weighted by Gasteiger charge is -2.09. The van der Waals surface area contributed by atoms with Gasteiger partial charge < -0.3 is 10.1 Å². The maximum atomic E-state index is 5.32. The van der Waals surface area contributed by atoms with E-state index < -0.39 is 0 Å². The molecule has 1 aromatic carbocycles. The van der Waals surface area contributed by atoms with Crippen LogP contribution in [0.25, 0.3) is 0 Å². The van der Waals surface area contributed by atoms with Crippen LogP contribution in [-0.4, -0.2) is 20.7 Å². The minimum atomic E-state index is 1.02. The maximum Gasteiger partial charge on any atom is 0.122 e. The number of nitrogens with one attached hydrogen (secondary N) is 1. The third-order valence-corrected chi connectivity index (χ3v) is 2.87. The Labute approximate surface area is 99.0 Å². The van der Waals surface area contributed by atoms with E-state index in [2.05, 4.69) is 30.4 Å². The zero-order valence-electron chi connectivity index (χ0n) is 10.7. The predicted molar refractivity (Wildman–Crippen MR) is 69.2 cm³/mol. The molecular weight excluding hydrogens is 198 g/mol. The molecule has 0 saturated carbocycles. The standard InChI is InChI=1S/C14H23NO/c1-4-13-11-12(7-5-6-10-15-2)8-9-14(13)16-3/h8-9,11,15H,4-7,10H2,1-3H3. The first-order valence-corrected chi connectivity index (χ1v) is 6.12. The van der Waals surface area contributed by atoms with Crippen LogP contribution in [0.1, 0.15) is 30.9 Å². The SMILES string of the molecule is CCc1cc(CCCCNC)ccc1OC. The molecule has 0 heterocycles. The van der Waals surface area contributed by atoms with Crippen molar-refractivity contribution < 1.29 is 4.74 Å². The Bertz CT molecular complexity index is 310. The summed E-state index contributed by atoms with van der Waals surface area (Å²) in [6.07, 6.45) is 4.69. The van der Waals surface area contributed by atoms with Crippen LogP contribution in [0, 0.1) is 0 Å². The largest absolute Gasteiger partial charge is 0.496 e. The van der Waals surface area contributed by atoms with E-state index in [-0.39, 0.29) is 0 Å². The van der Waals surface area contributed by atoms with E-state index in [1.807, 2.05) is 7.05 Å². The van der Waals surface area contributed by atoms with Crippen molar-refractivity contribution in [3.63, 3.8) is 0 Å². The second-order valence-electron chi connectivity index (χ2n) is 4.06. The summed E-state index contributed by atoms with van der Waals surface area (Å²) in [6, 6.07) is 6.54. The van der Waals surface area contributed by atoms with Crippen LogP contribution in [0.3, 0.4) is 0 Å². The molecule has 0 spiro atoms. The first-order valence-electron chi connectivity index (χ1n) is 6.12. The molecule has 2 heteroatoms. The van der Waals surface area contributed by atoms with Gasteiger partial charge in [-0.2, -0.15) is 0 Å².